The van der Waals surface area contributed by atoms with E-state index < -0.39 is 411 Å². The Morgan fingerprint density at radius 2 is 0.516 bits per heavy atom. The van der Waals surface area contributed by atoms with Gasteiger partial charge in [-0.15, -0.1) is 0 Å². The van der Waals surface area contributed by atoms with E-state index >= 15 is 0 Å². The molecule has 0 saturated carbocycles. The number of nitrogens with zero attached hydrogens (tertiary/aromatic N) is 4. The number of hydrogen-bond donors (Lipinski definition) is 0. The van der Waals surface area contributed by atoms with Crippen LogP contribution < -0.4 is 0 Å². The smallest absolute Gasteiger partial charge is 0.143 e. The monoisotopic (exact) mass is 1650 g/mol. The van der Waals surface area contributed by atoms with Crippen LogP contribution in [0.2, 0.25) is 0 Å². The van der Waals surface area contributed by atoms with Crippen LogP contribution in [0.15, 0.2) is 445 Å². The maximum Gasteiger partial charge on any atom is 0.143 e. The van der Waals surface area contributed by atoms with Crippen LogP contribution in [0.3, 0.4) is 0 Å². The first-order valence-electron chi connectivity index (χ1n) is 62.2. The Balaban J connectivity index is 0.000000172. The van der Waals surface area contributed by atoms with Crippen LogP contribution in [0.1, 0.15) is 63.1 Å². The molecule has 6 heterocycles. The number of hydrogen-bond acceptors (Lipinski definition) is 6. The van der Waals surface area contributed by atoms with Gasteiger partial charge in [-0.05, 0) is 173 Å². The van der Waals surface area contributed by atoms with E-state index in [2.05, 4.69) is 9.97 Å². The molecule has 584 valence electrons. The summed E-state index contributed by atoms with van der Waals surface area (Å²) in [5.41, 5.74) is -4.68. The Hall–Kier alpha value is -16.8. The third-order valence-electron chi connectivity index (χ3n) is 22.4. The number of benzene rings is 20. The summed E-state index contributed by atoms with van der Waals surface area (Å²) in [5.74, 6) is -3.49. The van der Waals surface area contributed by atoms with Crippen molar-refractivity contribution < 1.29 is 71.9 Å². The van der Waals surface area contributed by atoms with Gasteiger partial charge in [0.2, 0.25) is 0 Å². The molecule has 0 atom stereocenters. The van der Waals surface area contributed by atoms with E-state index in [-0.39, 0.29) is 43.8 Å². The molecular weight excluding hydrogens is 1530 g/mol. The molecular formula is C120H72N4O2. The standard InChI is InChI=1S/2C60H36N2O/c1-3-12-37(13-4-1)55-56(38-14-5-2-6-15-38)60(51-31-28-41-24-23-39-16-9-17-40-27-30-50(51)54(41)53(39)40)63-59(55)45-19-10-18-44(36-45)46-32-33-49(48-22-8-7-21-47(46)48)52-34-29-43-26-25-42-20-11-35-61-57(42)58(43)62-52;1-3-11-38(12-4-1)56-55(59(45-13-5-2-6-14-45)63-60(56)51-32-29-41-25-24-39-15-9-16-40-28-31-50(51)54(41)53(39)40)42-22-20-37(21-23-42)46-33-34-49(48-19-8-7-18-47(46)48)52-35-30-44-27-26-43-17-10-36-61-57(43)58(44)62-52/h2*1-36H/i1D,2D,3D,4D,5D,6D,9D,10D,12D,13D,14D,15D,16D,17D,18D,19D,23D,24D,27D,28D,30D,31D,36D;1D,2D,3D,4D,5D,6D,9D,11D,12D,13D,14D,15D,16D,20D,21D,22D,23D,24D,25D,28D,29D,31D,32D. The Morgan fingerprint density at radius 3 is 0.968 bits per heavy atom. The lowest BCUT2D eigenvalue weighted by molar-refractivity contribution is 0.599. The van der Waals surface area contributed by atoms with E-state index in [9.17, 15) is 35.6 Å². The van der Waals surface area contributed by atoms with Crippen molar-refractivity contribution in [3.05, 3.63) is 436 Å². The number of fused-ring (bicyclic) bond motifs is 8. The molecule has 0 N–H and O–H groups in total. The molecule has 0 unspecified atom stereocenters. The van der Waals surface area contributed by atoms with Crippen LogP contribution in [-0.4, -0.2) is 19.9 Å². The van der Waals surface area contributed by atoms with E-state index in [0.29, 0.717) is 66.1 Å². The van der Waals surface area contributed by atoms with Crippen LogP contribution in [0.25, 0.3) is 264 Å². The van der Waals surface area contributed by atoms with Crippen LogP contribution in [0, 0.1) is 0 Å². The highest BCUT2D eigenvalue weighted by Crippen LogP contribution is 2.55. The lowest BCUT2D eigenvalue weighted by Crippen LogP contribution is -1.91. The van der Waals surface area contributed by atoms with Gasteiger partial charge < -0.3 is 8.83 Å². The van der Waals surface area contributed by atoms with E-state index in [1.54, 1.807) is 85.2 Å². The lowest BCUT2D eigenvalue weighted by Gasteiger charge is -2.14. The molecule has 26 rings (SSSR count). The fourth-order valence-corrected chi connectivity index (χ4v) is 16.9. The molecule has 0 aliphatic rings. The SMILES string of the molecule is [2H]c1c([2H])c([2H])c(-c2c(-c3c([2H])c([2H])c([2H])c(-c4ccc(-c5ccc6ccc7cccnc7c6n5)c5ccccc45)c3[2H])oc(-c3c([2H])c([2H])c4c([2H])c([2H])c5c([2H])c([2H])c([2H])c6c([2H])c([2H])c3c4c56)c2-c2c([2H])c([2H])c([2H])c([2H])c2[2H])c([2H])c1[2H].[2H]c1c([2H])c([2H])c(-c2oc(-c3c([2H])c([2H])c4c([2H])c([2H])c5c([2H])c([2H])c([2H])c6c([2H])c([2H])c3c4c56)c(-c3c([2H])c([2H])c([2H])c([2H])c3[2H])c2-c2c([2H])c([2H])c(-c3ccc(-c4ccc5ccc6cccnc6c5n4)c4ccccc34)c([2H])c2[2H])c([2H])c1[2H]. The second-order valence-corrected chi connectivity index (χ2v) is 29.3. The molecule has 0 bridgehead atoms. The van der Waals surface area contributed by atoms with E-state index in [1.165, 1.54) is 0 Å². The van der Waals surface area contributed by atoms with Crippen molar-refractivity contribution in [2.24, 2.45) is 0 Å². The highest BCUT2D eigenvalue weighted by Gasteiger charge is 2.31. The second-order valence-electron chi connectivity index (χ2n) is 29.3. The summed E-state index contributed by atoms with van der Waals surface area (Å²) < 4.78 is 440. The topological polar surface area (TPSA) is 77.8 Å². The molecule has 6 heteroatoms. The van der Waals surface area contributed by atoms with Crippen molar-refractivity contribution in [2.75, 3.05) is 0 Å². The predicted octanol–water partition coefficient (Wildman–Crippen LogP) is 32.9. The molecule has 0 aliphatic carbocycles. The Morgan fingerprint density at radius 1 is 0.190 bits per heavy atom. The quantitative estimate of drug-likeness (QED) is 0.113. The molecule has 0 radical (unpaired) electrons. The number of aromatic nitrogens is 4. The van der Waals surface area contributed by atoms with Crippen LogP contribution in [0.5, 0.6) is 0 Å². The average Bonchev–Trinajstić information content (AvgIpc) is 1.23. The summed E-state index contributed by atoms with van der Waals surface area (Å²) in [6, 6.07) is 3.10. The maximum absolute atomic E-state index is 10.3. The molecule has 0 fully saturated rings. The van der Waals surface area contributed by atoms with Gasteiger partial charge in [0, 0.05) is 89.6 Å². The molecule has 20 aromatic carbocycles. The molecule has 126 heavy (non-hydrogen) atoms. The maximum atomic E-state index is 10.3. The average molecular weight is 1650 g/mol. The highest BCUT2D eigenvalue weighted by molar-refractivity contribution is 6.28. The van der Waals surface area contributed by atoms with Crippen molar-refractivity contribution in [1.82, 2.24) is 19.9 Å². The van der Waals surface area contributed by atoms with Gasteiger partial charge in [-0.25, -0.2) is 9.97 Å². The van der Waals surface area contributed by atoms with E-state index in [4.69, 9.17) is 46.2 Å². The minimum atomic E-state index is -1.01. The summed E-state index contributed by atoms with van der Waals surface area (Å²) in [5, 5.41) is 0.203. The normalized spacial score (nSPS) is 16.9. The van der Waals surface area contributed by atoms with Crippen molar-refractivity contribution in [1.29, 1.82) is 0 Å². The van der Waals surface area contributed by atoms with Gasteiger partial charge in [-0.3, -0.25) is 9.97 Å². The zero-order valence-corrected chi connectivity index (χ0v) is 64.6. The number of furan rings is 2. The Kier molecular flexibility index (Phi) is 9.33. The first kappa shape index (κ1) is 39.8. The van der Waals surface area contributed by atoms with E-state index in [1.807, 2.05) is 72.8 Å². The fourth-order valence-electron chi connectivity index (χ4n) is 16.9. The number of rotatable bonds is 12. The van der Waals surface area contributed by atoms with Crippen LogP contribution in [0.4, 0.5) is 0 Å². The van der Waals surface area contributed by atoms with Crippen molar-refractivity contribution in [2.45, 2.75) is 0 Å². The van der Waals surface area contributed by atoms with E-state index in [0.717, 1.165) is 21.5 Å². The van der Waals surface area contributed by atoms with Gasteiger partial charge in [0.05, 0.1) is 96.5 Å². The number of pyridine rings is 4. The molecule has 0 amide bonds. The highest BCUT2D eigenvalue weighted by atomic mass is 16.3. The molecule has 0 aliphatic heterocycles. The summed E-state index contributed by atoms with van der Waals surface area (Å²) in [6.07, 6.45) is 3.34. The van der Waals surface area contributed by atoms with Crippen molar-refractivity contribution in [3.8, 4) is 135 Å². The van der Waals surface area contributed by atoms with Gasteiger partial charge in [-0.1, -0.05) is 381 Å². The third-order valence-corrected chi connectivity index (χ3v) is 22.4. The van der Waals surface area contributed by atoms with Gasteiger partial charge in [0.25, 0.3) is 0 Å². The Labute approximate surface area is 789 Å². The summed E-state index contributed by atoms with van der Waals surface area (Å²) in [7, 11) is 0. The largest absolute Gasteiger partial charge is 0.455 e. The van der Waals surface area contributed by atoms with Crippen molar-refractivity contribution >= 4 is 130 Å². The second kappa shape index (κ2) is 29.5. The molecule has 0 spiro atoms. The zero-order chi connectivity index (χ0) is 123. The van der Waals surface area contributed by atoms with Crippen molar-refractivity contribution in [3.63, 3.8) is 0 Å². The van der Waals surface area contributed by atoms with Gasteiger partial charge >= 0.3 is 0 Å². The fraction of sp³-hybridized carbons (Fsp3) is 0. The molecule has 6 nitrogen and oxygen atoms in total. The minimum absolute atomic E-state index is 0.156. The third kappa shape index (κ3) is 11.9. The summed E-state index contributed by atoms with van der Waals surface area (Å²) >= 11 is 0. The summed E-state index contributed by atoms with van der Waals surface area (Å²) in [6.45, 7) is 0. The Bertz CT molecular complexity index is 11600. The first-order valence-corrected chi connectivity index (χ1v) is 39.2. The van der Waals surface area contributed by atoms with Crippen LogP contribution >= 0.6 is 0 Å². The van der Waals surface area contributed by atoms with Gasteiger partial charge in [-0.2, -0.15) is 0 Å². The van der Waals surface area contributed by atoms with Crippen LogP contribution in [-0.2, 0) is 0 Å². The zero-order valence-electron chi connectivity index (χ0n) is 111. The minimum Gasteiger partial charge on any atom is -0.455 e. The van der Waals surface area contributed by atoms with Gasteiger partial charge in [0.1, 0.15) is 23.0 Å². The molecule has 26 aromatic rings. The molecule has 6 aromatic heterocycles. The lowest BCUT2D eigenvalue weighted by atomic mass is 9.87. The first-order chi connectivity index (χ1) is 81.7. The predicted molar refractivity (Wildman–Crippen MR) is 526 cm³/mol. The van der Waals surface area contributed by atoms with Gasteiger partial charge in [0.15, 0.2) is 0 Å². The summed E-state index contributed by atoms with van der Waals surface area (Å²) in [4.78, 5) is 19.3. The molecule has 0 saturated heterocycles.